The van der Waals surface area contributed by atoms with Gasteiger partial charge in [-0.05, 0) is 45.0 Å². The van der Waals surface area contributed by atoms with Crippen molar-refractivity contribution in [2.24, 2.45) is 0 Å². The van der Waals surface area contributed by atoms with Crippen LogP contribution in [0.25, 0.3) is 9.88 Å². The standard InChI is InChI=1S/C13H19N3S2/c1-3-8-14-9-4-5-12-15-16-13(18-12)11-7-6-10(2)17-11/h6-7,14H,3-5,8-9H2,1-2H3. The first kappa shape index (κ1) is 13.6. The van der Waals surface area contributed by atoms with E-state index in [1.165, 1.54) is 16.2 Å². The van der Waals surface area contributed by atoms with E-state index in [9.17, 15) is 0 Å². The van der Waals surface area contributed by atoms with Gasteiger partial charge in [0.2, 0.25) is 0 Å². The maximum Gasteiger partial charge on any atom is 0.157 e. The number of rotatable bonds is 7. The second-order valence-corrected chi connectivity index (χ2v) is 6.61. The Balaban J connectivity index is 1.83. The number of nitrogens with one attached hydrogen (secondary N) is 1. The molecule has 5 heteroatoms. The van der Waals surface area contributed by atoms with Gasteiger partial charge in [-0.3, -0.25) is 0 Å². The fraction of sp³-hybridized carbons (Fsp3) is 0.538. The van der Waals surface area contributed by atoms with Gasteiger partial charge in [0.25, 0.3) is 0 Å². The molecular weight excluding hydrogens is 262 g/mol. The van der Waals surface area contributed by atoms with Crippen molar-refractivity contribution in [3.63, 3.8) is 0 Å². The summed E-state index contributed by atoms with van der Waals surface area (Å²) in [6.45, 7) is 6.49. The van der Waals surface area contributed by atoms with E-state index in [0.29, 0.717) is 0 Å². The maximum absolute atomic E-state index is 4.27. The molecule has 98 valence electrons. The fourth-order valence-corrected chi connectivity index (χ4v) is 3.47. The van der Waals surface area contributed by atoms with Gasteiger partial charge in [-0.1, -0.05) is 18.3 Å². The quantitative estimate of drug-likeness (QED) is 0.789. The van der Waals surface area contributed by atoms with E-state index in [4.69, 9.17) is 0 Å². The minimum Gasteiger partial charge on any atom is -0.317 e. The zero-order valence-corrected chi connectivity index (χ0v) is 12.5. The molecule has 0 aliphatic carbocycles. The summed E-state index contributed by atoms with van der Waals surface area (Å²) in [4.78, 5) is 2.56. The highest BCUT2D eigenvalue weighted by atomic mass is 32.1. The lowest BCUT2D eigenvalue weighted by Gasteiger charge is -1.99. The summed E-state index contributed by atoms with van der Waals surface area (Å²) >= 11 is 3.51. The van der Waals surface area contributed by atoms with E-state index >= 15 is 0 Å². The molecule has 0 saturated heterocycles. The van der Waals surface area contributed by atoms with Crippen molar-refractivity contribution in [1.82, 2.24) is 15.5 Å². The average molecular weight is 281 g/mol. The average Bonchev–Trinajstić information content (AvgIpc) is 2.97. The first-order chi connectivity index (χ1) is 8.79. The first-order valence-corrected chi connectivity index (χ1v) is 8.03. The number of hydrogen-bond acceptors (Lipinski definition) is 5. The second kappa shape index (κ2) is 6.97. The molecular formula is C13H19N3S2. The Bertz CT molecular complexity index is 476. The fourth-order valence-electron chi connectivity index (χ4n) is 1.67. The summed E-state index contributed by atoms with van der Waals surface area (Å²) in [6, 6.07) is 4.27. The van der Waals surface area contributed by atoms with Crippen LogP contribution >= 0.6 is 22.7 Å². The SMILES string of the molecule is CCCNCCCc1nnc(-c2ccc(C)s2)s1. The lowest BCUT2D eigenvalue weighted by molar-refractivity contribution is 0.637. The zero-order valence-electron chi connectivity index (χ0n) is 10.9. The van der Waals surface area contributed by atoms with Crippen LogP contribution in [0.3, 0.4) is 0 Å². The molecule has 1 N–H and O–H groups in total. The molecule has 0 amide bonds. The number of aryl methyl sites for hydroxylation is 2. The Morgan fingerprint density at radius 2 is 2.06 bits per heavy atom. The third-order valence-corrected chi connectivity index (χ3v) is 4.74. The third-order valence-electron chi connectivity index (χ3n) is 2.59. The lowest BCUT2D eigenvalue weighted by Crippen LogP contribution is -2.16. The monoisotopic (exact) mass is 281 g/mol. The maximum atomic E-state index is 4.27. The van der Waals surface area contributed by atoms with Crippen LogP contribution in [0.1, 0.15) is 29.7 Å². The molecule has 0 saturated carbocycles. The molecule has 0 radical (unpaired) electrons. The number of aromatic nitrogens is 2. The summed E-state index contributed by atoms with van der Waals surface area (Å²) in [5, 5.41) is 14.2. The Kier molecular flexibility index (Phi) is 5.28. The number of hydrogen-bond donors (Lipinski definition) is 1. The highest BCUT2D eigenvalue weighted by Crippen LogP contribution is 2.30. The molecule has 0 aliphatic heterocycles. The topological polar surface area (TPSA) is 37.8 Å². The summed E-state index contributed by atoms with van der Waals surface area (Å²) in [5.41, 5.74) is 0. The minimum absolute atomic E-state index is 1.03. The third kappa shape index (κ3) is 3.86. The van der Waals surface area contributed by atoms with Crippen LogP contribution in [0.4, 0.5) is 0 Å². The molecule has 0 spiro atoms. The molecule has 0 aliphatic rings. The molecule has 0 unspecified atom stereocenters. The van der Waals surface area contributed by atoms with Crippen molar-refractivity contribution >= 4 is 22.7 Å². The van der Waals surface area contributed by atoms with E-state index in [1.807, 2.05) is 0 Å². The highest BCUT2D eigenvalue weighted by molar-refractivity contribution is 7.21. The number of nitrogens with zero attached hydrogens (tertiary/aromatic N) is 2. The first-order valence-electron chi connectivity index (χ1n) is 6.39. The van der Waals surface area contributed by atoms with Crippen molar-refractivity contribution in [2.75, 3.05) is 13.1 Å². The Labute approximate surface area is 116 Å². The predicted molar refractivity (Wildman–Crippen MR) is 79.4 cm³/mol. The van der Waals surface area contributed by atoms with E-state index < -0.39 is 0 Å². The summed E-state index contributed by atoms with van der Waals surface area (Å²) in [7, 11) is 0. The van der Waals surface area contributed by atoms with Gasteiger partial charge >= 0.3 is 0 Å². The van der Waals surface area contributed by atoms with E-state index in [2.05, 4.69) is 41.5 Å². The summed E-state index contributed by atoms with van der Waals surface area (Å²) in [5.74, 6) is 0. The van der Waals surface area contributed by atoms with Crippen LogP contribution in [0.5, 0.6) is 0 Å². The van der Waals surface area contributed by atoms with E-state index in [1.54, 1.807) is 22.7 Å². The lowest BCUT2D eigenvalue weighted by atomic mass is 10.3. The van der Waals surface area contributed by atoms with Crippen molar-refractivity contribution in [3.05, 3.63) is 22.0 Å². The Morgan fingerprint density at radius 3 is 2.78 bits per heavy atom. The van der Waals surface area contributed by atoms with Crippen LogP contribution in [0.2, 0.25) is 0 Å². The van der Waals surface area contributed by atoms with Crippen LogP contribution < -0.4 is 5.32 Å². The highest BCUT2D eigenvalue weighted by Gasteiger charge is 2.08. The van der Waals surface area contributed by atoms with Crippen LogP contribution in [-0.4, -0.2) is 23.3 Å². The zero-order chi connectivity index (χ0) is 12.8. The normalized spacial score (nSPS) is 11.0. The van der Waals surface area contributed by atoms with Gasteiger partial charge in [-0.25, -0.2) is 0 Å². The van der Waals surface area contributed by atoms with Crippen LogP contribution in [-0.2, 0) is 6.42 Å². The summed E-state index contributed by atoms with van der Waals surface area (Å²) in [6.07, 6.45) is 3.36. The molecule has 18 heavy (non-hydrogen) atoms. The van der Waals surface area contributed by atoms with Gasteiger partial charge in [0.05, 0.1) is 4.88 Å². The van der Waals surface area contributed by atoms with Gasteiger partial charge in [-0.2, -0.15) is 0 Å². The Hall–Kier alpha value is -0.780. The van der Waals surface area contributed by atoms with Crippen LogP contribution in [0, 0.1) is 6.92 Å². The van der Waals surface area contributed by atoms with Gasteiger partial charge in [0.15, 0.2) is 5.01 Å². The smallest absolute Gasteiger partial charge is 0.157 e. The van der Waals surface area contributed by atoms with Crippen LogP contribution in [0.15, 0.2) is 12.1 Å². The molecule has 2 heterocycles. The molecule has 0 aromatic carbocycles. The second-order valence-electron chi connectivity index (χ2n) is 4.26. The number of thiophene rings is 1. The minimum atomic E-state index is 1.03. The largest absolute Gasteiger partial charge is 0.317 e. The van der Waals surface area contributed by atoms with Crippen molar-refractivity contribution in [1.29, 1.82) is 0 Å². The molecule has 0 fully saturated rings. The summed E-state index contributed by atoms with van der Waals surface area (Å²) < 4.78 is 0. The van der Waals surface area contributed by atoms with Gasteiger partial charge < -0.3 is 5.32 Å². The van der Waals surface area contributed by atoms with Gasteiger partial charge in [-0.15, -0.1) is 21.5 Å². The predicted octanol–water partition coefficient (Wildman–Crippen LogP) is 3.51. The molecule has 3 nitrogen and oxygen atoms in total. The molecule has 2 rings (SSSR count). The molecule has 2 aromatic heterocycles. The molecule has 0 bridgehead atoms. The Morgan fingerprint density at radius 1 is 1.17 bits per heavy atom. The van der Waals surface area contributed by atoms with E-state index in [0.717, 1.165) is 35.9 Å². The van der Waals surface area contributed by atoms with Crippen molar-refractivity contribution in [2.45, 2.75) is 33.1 Å². The molecule has 2 aromatic rings. The van der Waals surface area contributed by atoms with E-state index in [-0.39, 0.29) is 0 Å². The van der Waals surface area contributed by atoms with Gasteiger partial charge in [0.1, 0.15) is 5.01 Å². The van der Waals surface area contributed by atoms with Crippen molar-refractivity contribution in [3.8, 4) is 9.88 Å². The van der Waals surface area contributed by atoms with Crippen molar-refractivity contribution < 1.29 is 0 Å². The van der Waals surface area contributed by atoms with Gasteiger partial charge in [0, 0.05) is 11.3 Å². The molecule has 0 atom stereocenters.